The highest BCUT2D eigenvalue weighted by atomic mass is 16.9. The van der Waals surface area contributed by atoms with E-state index in [4.69, 9.17) is 14.2 Å². The molecule has 0 radical (unpaired) electrons. The van der Waals surface area contributed by atoms with E-state index in [2.05, 4.69) is 14.9 Å². The normalized spacial score (nSPS) is 13.1. The van der Waals surface area contributed by atoms with E-state index in [1.54, 1.807) is 27.9 Å². The highest BCUT2D eigenvalue weighted by Crippen LogP contribution is 2.26. The highest BCUT2D eigenvalue weighted by molar-refractivity contribution is 5.86. The molecule has 9 nitrogen and oxygen atoms in total. The molecule has 2 aromatic carbocycles. The maximum absolute atomic E-state index is 12.6. The summed E-state index contributed by atoms with van der Waals surface area (Å²) >= 11 is 0. The number of carbonyl (C=O) groups excluding carboxylic acids is 2. The van der Waals surface area contributed by atoms with Gasteiger partial charge in [0.15, 0.2) is 5.34 Å². The topological polar surface area (TPSA) is 110 Å². The van der Waals surface area contributed by atoms with Gasteiger partial charge in [-0.05, 0) is 35.4 Å². The van der Waals surface area contributed by atoms with Gasteiger partial charge in [-0.2, -0.15) is 0 Å². The molecule has 0 N–H and O–H groups in total. The van der Waals surface area contributed by atoms with Crippen molar-refractivity contribution in [3.05, 3.63) is 46.9 Å². The van der Waals surface area contributed by atoms with Crippen LogP contribution in [0, 0.1) is 10.3 Å². The number of esters is 1. The summed E-state index contributed by atoms with van der Waals surface area (Å²) in [6, 6.07) is 11.5. The lowest BCUT2D eigenvalue weighted by atomic mass is 9.95. The summed E-state index contributed by atoms with van der Waals surface area (Å²) in [5, 5.41) is 4.17. The first-order chi connectivity index (χ1) is 14.6. The predicted molar refractivity (Wildman–Crippen MR) is 112 cm³/mol. The van der Waals surface area contributed by atoms with Crippen LogP contribution in [0.25, 0.3) is 10.8 Å². The number of ether oxygens (including phenoxy) is 4. The van der Waals surface area contributed by atoms with Gasteiger partial charge in [0.05, 0.1) is 19.6 Å². The molecule has 9 heteroatoms. The molecule has 1 unspecified atom stereocenters. The molecule has 0 heterocycles. The average molecular weight is 433 g/mol. The van der Waals surface area contributed by atoms with Gasteiger partial charge in [0.2, 0.25) is 0 Å². The Morgan fingerprint density at radius 2 is 1.65 bits per heavy atom. The summed E-state index contributed by atoms with van der Waals surface area (Å²) in [5.41, 5.74) is 0.180. The Bertz CT molecular complexity index is 927. The van der Waals surface area contributed by atoms with Crippen molar-refractivity contribution >= 4 is 22.9 Å². The van der Waals surface area contributed by atoms with Gasteiger partial charge in [-0.15, -0.1) is 4.91 Å². The van der Waals surface area contributed by atoms with E-state index in [1.807, 2.05) is 36.4 Å². The monoisotopic (exact) mass is 433 g/mol. The zero-order chi connectivity index (χ0) is 23.0. The zero-order valence-corrected chi connectivity index (χ0v) is 18.2. The molecule has 31 heavy (non-hydrogen) atoms. The third-order valence-electron chi connectivity index (χ3n) is 4.56. The standard InChI is InChI=1S/C22H27NO8/c1-14(16-6-7-18-11-19(27-5)9-8-17(18)10-16)20(24)28-12-22(3,4)13-29-21(25)30-15(2)31-23-26/h6-11,14-15H,12-13H2,1-5H3/t14-,15?/m0/s1. The molecular weight excluding hydrogens is 406 g/mol. The van der Waals surface area contributed by atoms with Crippen LogP contribution in [0.4, 0.5) is 4.79 Å². The second kappa shape index (κ2) is 10.6. The molecule has 0 aliphatic heterocycles. The summed E-state index contributed by atoms with van der Waals surface area (Å²) in [5.74, 6) is -0.0898. The molecule has 0 saturated heterocycles. The van der Waals surface area contributed by atoms with Crippen LogP contribution in [0.3, 0.4) is 0 Å². The van der Waals surface area contributed by atoms with Crippen molar-refractivity contribution in [2.24, 2.45) is 10.8 Å². The second-order valence-corrected chi connectivity index (χ2v) is 7.87. The smallest absolute Gasteiger partial charge is 0.497 e. The van der Waals surface area contributed by atoms with E-state index in [9.17, 15) is 14.5 Å². The van der Waals surface area contributed by atoms with E-state index in [0.717, 1.165) is 22.1 Å². The van der Waals surface area contributed by atoms with Crippen molar-refractivity contribution in [3.8, 4) is 5.75 Å². The molecule has 168 valence electrons. The van der Waals surface area contributed by atoms with Gasteiger partial charge < -0.3 is 23.8 Å². The van der Waals surface area contributed by atoms with Crippen LogP contribution in [-0.2, 0) is 23.8 Å². The minimum atomic E-state index is -1.16. The van der Waals surface area contributed by atoms with Gasteiger partial charge in [-0.1, -0.05) is 38.1 Å². The maximum atomic E-state index is 12.6. The number of methoxy groups -OCH3 is 1. The van der Waals surface area contributed by atoms with Crippen LogP contribution in [0.1, 0.15) is 39.2 Å². The number of carbonyl (C=O) groups is 2. The minimum Gasteiger partial charge on any atom is -0.497 e. The van der Waals surface area contributed by atoms with Crippen molar-refractivity contribution in [1.82, 2.24) is 0 Å². The molecule has 2 atom stereocenters. The Morgan fingerprint density at radius 3 is 2.32 bits per heavy atom. The van der Waals surface area contributed by atoms with E-state index < -0.39 is 23.8 Å². The Morgan fingerprint density at radius 1 is 1.00 bits per heavy atom. The molecule has 0 aromatic heterocycles. The van der Waals surface area contributed by atoms with Crippen LogP contribution in [0.5, 0.6) is 5.75 Å². The third-order valence-corrected chi connectivity index (χ3v) is 4.56. The van der Waals surface area contributed by atoms with Crippen molar-refractivity contribution in [3.63, 3.8) is 0 Å². The molecule has 0 aliphatic rings. The van der Waals surface area contributed by atoms with Crippen molar-refractivity contribution < 1.29 is 33.4 Å². The van der Waals surface area contributed by atoms with E-state index in [0.29, 0.717) is 0 Å². The van der Waals surface area contributed by atoms with E-state index in [-0.39, 0.29) is 19.2 Å². The average Bonchev–Trinajstić information content (AvgIpc) is 2.75. The molecule has 0 bridgehead atoms. The maximum Gasteiger partial charge on any atom is 0.511 e. The van der Waals surface area contributed by atoms with Gasteiger partial charge in [0, 0.05) is 12.3 Å². The fourth-order valence-electron chi connectivity index (χ4n) is 2.71. The number of fused-ring (bicyclic) bond motifs is 1. The Kier molecular flexibility index (Phi) is 8.18. The Hall–Kier alpha value is -3.36. The lowest BCUT2D eigenvalue weighted by molar-refractivity contribution is -0.149. The van der Waals surface area contributed by atoms with Crippen molar-refractivity contribution in [2.45, 2.75) is 39.9 Å². The van der Waals surface area contributed by atoms with Crippen LogP contribution in [0.2, 0.25) is 0 Å². The molecule has 0 fully saturated rings. The van der Waals surface area contributed by atoms with Gasteiger partial charge in [-0.25, -0.2) is 4.79 Å². The molecule has 2 aromatic rings. The highest BCUT2D eigenvalue weighted by Gasteiger charge is 2.26. The first-order valence-corrected chi connectivity index (χ1v) is 9.71. The van der Waals surface area contributed by atoms with Crippen molar-refractivity contribution in [1.29, 1.82) is 0 Å². The molecule has 0 saturated carbocycles. The van der Waals surface area contributed by atoms with Gasteiger partial charge in [0.1, 0.15) is 12.4 Å². The number of hydrogen-bond donors (Lipinski definition) is 0. The number of benzene rings is 2. The minimum absolute atomic E-state index is 0.0379. The number of rotatable bonds is 10. The summed E-state index contributed by atoms with van der Waals surface area (Å²) in [7, 11) is 1.61. The second-order valence-electron chi connectivity index (χ2n) is 7.87. The summed E-state index contributed by atoms with van der Waals surface area (Å²) in [6.07, 6.45) is -2.17. The Balaban J connectivity index is 1.89. The number of nitrogens with zero attached hydrogens (tertiary/aromatic N) is 1. The van der Waals surface area contributed by atoms with Gasteiger partial charge in [0.25, 0.3) is 6.29 Å². The van der Waals surface area contributed by atoms with Crippen LogP contribution in [0.15, 0.2) is 41.7 Å². The van der Waals surface area contributed by atoms with Crippen LogP contribution < -0.4 is 4.74 Å². The fourth-order valence-corrected chi connectivity index (χ4v) is 2.71. The molecule has 0 spiro atoms. The number of hydrogen-bond acceptors (Lipinski definition) is 9. The first-order valence-electron chi connectivity index (χ1n) is 9.71. The zero-order valence-electron chi connectivity index (χ0n) is 18.2. The van der Waals surface area contributed by atoms with Gasteiger partial charge >= 0.3 is 12.1 Å². The summed E-state index contributed by atoms with van der Waals surface area (Å²) in [6.45, 7) is 6.61. The SMILES string of the molecule is COc1ccc2cc([C@H](C)C(=O)OCC(C)(C)COC(=O)OC(C)ON=O)ccc2c1. The molecule has 0 amide bonds. The molecule has 2 rings (SSSR count). The first kappa shape index (κ1) is 23.9. The van der Waals surface area contributed by atoms with Crippen LogP contribution >= 0.6 is 0 Å². The van der Waals surface area contributed by atoms with Crippen LogP contribution in [-0.4, -0.2) is 38.7 Å². The quantitative estimate of drug-likeness (QED) is 0.229. The third kappa shape index (κ3) is 7.13. The molecular formula is C22H27NO8. The van der Waals surface area contributed by atoms with Crippen molar-refractivity contribution in [2.75, 3.05) is 20.3 Å². The summed E-state index contributed by atoms with van der Waals surface area (Å²) < 4.78 is 20.3. The summed E-state index contributed by atoms with van der Waals surface area (Å²) in [4.78, 5) is 38.3. The predicted octanol–water partition coefficient (Wildman–Crippen LogP) is 4.72. The van der Waals surface area contributed by atoms with Gasteiger partial charge in [-0.3, -0.25) is 4.79 Å². The van der Waals surface area contributed by atoms with E-state index in [1.165, 1.54) is 6.92 Å². The van der Waals surface area contributed by atoms with E-state index >= 15 is 0 Å². The molecule has 0 aliphatic carbocycles. The fraction of sp³-hybridized carbons (Fsp3) is 0.455. The lowest BCUT2D eigenvalue weighted by Gasteiger charge is -2.24. The Labute approximate surface area is 180 Å². The largest absolute Gasteiger partial charge is 0.511 e. The lowest BCUT2D eigenvalue weighted by Crippen LogP contribution is -2.30.